The molecule has 0 fully saturated rings. The molecule has 0 saturated heterocycles. The van der Waals surface area contributed by atoms with Crippen molar-refractivity contribution in [1.82, 2.24) is 0 Å². The summed E-state index contributed by atoms with van der Waals surface area (Å²) in [5, 5.41) is 3.12. The van der Waals surface area contributed by atoms with Crippen molar-refractivity contribution in [2.75, 3.05) is 13.7 Å². The Morgan fingerprint density at radius 1 is 1.00 bits per heavy atom. The minimum absolute atomic E-state index is 0.844. The van der Waals surface area contributed by atoms with Gasteiger partial charge < -0.3 is 10.1 Å². The third-order valence-corrected chi connectivity index (χ3v) is 3.50. The van der Waals surface area contributed by atoms with Crippen molar-refractivity contribution in [2.45, 2.75) is 13.0 Å². The topological polar surface area (TPSA) is 25.8 Å². The first kappa shape index (κ1) is 13.9. The molecule has 0 aliphatic heterocycles. The molecule has 2 rings (SSSR count). The lowest BCUT2D eigenvalue weighted by Crippen LogP contribution is -2.83. The molecular formula is C16H19ClNO+. The predicted octanol–water partition coefficient (Wildman–Crippen LogP) is 2.65. The quantitative estimate of drug-likeness (QED) is 0.807. The van der Waals surface area contributed by atoms with Crippen LogP contribution in [0.5, 0.6) is 5.75 Å². The van der Waals surface area contributed by atoms with E-state index in [1.165, 1.54) is 11.1 Å². The second-order valence-corrected chi connectivity index (χ2v) is 4.84. The molecular weight excluding hydrogens is 258 g/mol. The summed E-state index contributed by atoms with van der Waals surface area (Å²) in [6, 6.07) is 16.1. The van der Waals surface area contributed by atoms with E-state index in [1.807, 2.05) is 36.4 Å². The van der Waals surface area contributed by atoms with Gasteiger partial charge in [0.25, 0.3) is 0 Å². The van der Waals surface area contributed by atoms with Gasteiger partial charge in [-0.1, -0.05) is 48.0 Å². The molecule has 100 valence electrons. The number of halogens is 1. The maximum atomic E-state index is 6.13. The van der Waals surface area contributed by atoms with E-state index in [-0.39, 0.29) is 0 Å². The molecule has 0 spiro atoms. The third kappa shape index (κ3) is 3.98. The third-order valence-electron chi connectivity index (χ3n) is 3.13. The molecule has 19 heavy (non-hydrogen) atoms. The van der Waals surface area contributed by atoms with Gasteiger partial charge in [-0.3, -0.25) is 0 Å². The molecule has 0 aliphatic rings. The van der Waals surface area contributed by atoms with Crippen LogP contribution in [0.25, 0.3) is 0 Å². The van der Waals surface area contributed by atoms with E-state index in [1.54, 1.807) is 7.11 Å². The molecule has 0 atom stereocenters. The van der Waals surface area contributed by atoms with Crippen LogP contribution >= 0.6 is 11.6 Å². The highest BCUT2D eigenvalue weighted by molar-refractivity contribution is 6.31. The van der Waals surface area contributed by atoms with E-state index in [9.17, 15) is 0 Å². The summed E-state index contributed by atoms with van der Waals surface area (Å²) in [6.45, 7) is 1.93. The molecule has 0 amide bonds. The average molecular weight is 277 g/mol. The normalized spacial score (nSPS) is 10.4. The fraction of sp³-hybridized carbons (Fsp3) is 0.250. The van der Waals surface area contributed by atoms with Crippen LogP contribution in [0.4, 0.5) is 0 Å². The maximum absolute atomic E-state index is 6.13. The summed E-state index contributed by atoms with van der Waals surface area (Å²) in [6.07, 6.45) is 0.995. The Morgan fingerprint density at radius 2 is 1.68 bits per heavy atom. The molecule has 0 saturated carbocycles. The van der Waals surface area contributed by atoms with Gasteiger partial charge in [0.15, 0.2) is 0 Å². The predicted molar refractivity (Wildman–Crippen MR) is 78.6 cm³/mol. The second-order valence-electron chi connectivity index (χ2n) is 4.43. The molecule has 2 aromatic carbocycles. The van der Waals surface area contributed by atoms with Crippen molar-refractivity contribution in [3.05, 3.63) is 64.7 Å². The molecule has 0 heterocycles. The summed E-state index contributed by atoms with van der Waals surface area (Å²) in [5.74, 6) is 0.966. The first-order valence-corrected chi connectivity index (χ1v) is 6.86. The number of quaternary nitrogens is 1. The number of ether oxygens (including phenoxy) is 1. The molecule has 0 bridgehead atoms. The first-order chi connectivity index (χ1) is 9.31. The Bertz CT molecular complexity index is 528. The highest BCUT2D eigenvalue weighted by Crippen LogP contribution is 2.17. The summed E-state index contributed by atoms with van der Waals surface area (Å²) in [4.78, 5) is 0. The van der Waals surface area contributed by atoms with Crippen molar-refractivity contribution < 1.29 is 10.1 Å². The first-order valence-electron chi connectivity index (χ1n) is 6.48. The van der Waals surface area contributed by atoms with Crippen LogP contribution in [-0.2, 0) is 13.0 Å². The van der Waals surface area contributed by atoms with Crippen molar-refractivity contribution in [1.29, 1.82) is 0 Å². The highest BCUT2D eigenvalue weighted by Gasteiger charge is 2.04. The van der Waals surface area contributed by atoms with Gasteiger partial charge in [-0.15, -0.1) is 0 Å². The van der Waals surface area contributed by atoms with Crippen LogP contribution in [0.2, 0.25) is 5.02 Å². The zero-order chi connectivity index (χ0) is 13.5. The lowest BCUT2D eigenvalue weighted by molar-refractivity contribution is -0.670. The standard InChI is InChI=1S/C16H18ClNO/c1-19-16-9-5-3-6-13(16)10-11-18-12-14-7-2-4-8-15(14)17/h2-9,18H,10-12H2,1H3/p+1. The fourth-order valence-electron chi connectivity index (χ4n) is 2.09. The van der Waals surface area contributed by atoms with Gasteiger partial charge in [0.05, 0.1) is 13.7 Å². The van der Waals surface area contributed by atoms with E-state index in [0.717, 1.165) is 30.3 Å². The van der Waals surface area contributed by atoms with Crippen LogP contribution in [0.3, 0.4) is 0 Å². The Hall–Kier alpha value is -1.51. The average Bonchev–Trinajstić information content (AvgIpc) is 2.45. The number of nitrogens with two attached hydrogens (primary N) is 1. The summed E-state index contributed by atoms with van der Waals surface area (Å²) >= 11 is 6.13. The molecule has 2 aromatic rings. The minimum atomic E-state index is 0.844. The largest absolute Gasteiger partial charge is 0.496 e. The van der Waals surface area contributed by atoms with Gasteiger partial charge in [-0.05, 0) is 17.7 Å². The minimum Gasteiger partial charge on any atom is -0.496 e. The Labute approximate surface area is 119 Å². The molecule has 0 radical (unpaired) electrons. The Morgan fingerprint density at radius 3 is 2.42 bits per heavy atom. The lowest BCUT2D eigenvalue weighted by atomic mass is 10.1. The Kier molecular flexibility index (Phi) is 5.25. The Balaban J connectivity index is 1.83. The van der Waals surface area contributed by atoms with E-state index in [0.29, 0.717) is 0 Å². The monoisotopic (exact) mass is 276 g/mol. The zero-order valence-electron chi connectivity index (χ0n) is 11.1. The molecule has 0 aromatic heterocycles. The number of benzene rings is 2. The number of hydrogen-bond donors (Lipinski definition) is 1. The zero-order valence-corrected chi connectivity index (χ0v) is 11.9. The van der Waals surface area contributed by atoms with E-state index in [4.69, 9.17) is 16.3 Å². The highest BCUT2D eigenvalue weighted by atomic mass is 35.5. The molecule has 2 nitrogen and oxygen atoms in total. The smallest absolute Gasteiger partial charge is 0.122 e. The maximum Gasteiger partial charge on any atom is 0.122 e. The van der Waals surface area contributed by atoms with E-state index in [2.05, 4.69) is 17.4 Å². The van der Waals surface area contributed by atoms with Gasteiger partial charge in [0.1, 0.15) is 12.3 Å². The number of rotatable bonds is 6. The van der Waals surface area contributed by atoms with E-state index >= 15 is 0 Å². The van der Waals surface area contributed by atoms with Crippen LogP contribution < -0.4 is 10.1 Å². The lowest BCUT2D eigenvalue weighted by Gasteiger charge is -2.08. The van der Waals surface area contributed by atoms with Crippen LogP contribution in [0, 0.1) is 0 Å². The summed E-state index contributed by atoms with van der Waals surface area (Å²) in [5.41, 5.74) is 2.43. The summed E-state index contributed by atoms with van der Waals surface area (Å²) < 4.78 is 5.34. The van der Waals surface area contributed by atoms with Gasteiger partial charge in [-0.2, -0.15) is 0 Å². The van der Waals surface area contributed by atoms with Gasteiger partial charge in [-0.25, -0.2) is 0 Å². The van der Waals surface area contributed by atoms with E-state index < -0.39 is 0 Å². The van der Waals surface area contributed by atoms with Crippen LogP contribution in [-0.4, -0.2) is 13.7 Å². The molecule has 0 aliphatic carbocycles. The summed E-state index contributed by atoms with van der Waals surface area (Å²) in [7, 11) is 1.71. The van der Waals surface area contributed by atoms with Gasteiger partial charge >= 0.3 is 0 Å². The van der Waals surface area contributed by atoms with Crippen molar-refractivity contribution in [3.8, 4) is 5.75 Å². The van der Waals surface area contributed by atoms with Crippen LogP contribution in [0.1, 0.15) is 11.1 Å². The van der Waals surface area contributed by atoms with Crippen molar-refractivity contribution in [2.24, 2.45) is 0 Å². The van der Waals surface area contributed by atoms with Crippen molar-refractivity contribution in [3.63, 3.8) is 0 Å². The van der Waals surface area contributed by atoms with Gasteiger partial charge in [0.2, 0.25) is 0 Å². The SMILES string of the molecule is COc1ccccc1CC[NH2+]Cc1ccccc1Cl. The number of hydrogen-bond acceptors (Lipinski definition) is 1. The van der Waals surface area contributed by atoms with Gasteiger partial charge in [0, 0.05) is 17.0 Å². The number of para-hydroxylation sites is 1. The fourth-order valence-corrected chi connectivity index (χ4v) is 2.30. The van der Waals surface area contributed by atoms with Crippen molar-refractivity contribution >= 4 is 11.6 Å². The molecule has 2 N–H and O–H groups in total. The second kappa shape index (κ2) is 7.17. The molecule has 0 unspecified atom stereocenters. The molecule has 3 heteroatoms. The number of methoxy groups -OCH3 is 1. The van der Waals surface area contributed by atoms with Crippen LogP contribution in [0.15, 0.2) is 48.5 Å².